The summed E-state index contributed by atoms with van der Waals surface area (Å²) in [6.45, 7) is 0.304. The number of ether oxygens (including phenoxy) is 1. The maximum Gasteiger partial charge on any atom is 0.407 e. The number of carboxylic acid groups (broad SMARTS) is 1. The number of nitrogens with zero attached hydrogens (tertiary/aromatic N) is 1. The number of aliphatic carboxylic acids is 1. The maximum atomic E-state index is 12.9. The van der Waals surface area contributed by atoms with Gasteiger partial charge in [0.15, 0.2) is 0 Å². The molecule has 34 heavy (non-hydrogen) atoms. The Hall–Kier alpha value is -3.39. The molecule has 1 unspecified atom stereocenters. The minimum absolute atomic E-state index is 0.0784. The first-order chi connectivity index (χ1) is 16.3. The van der Waals surface area contributed by atoms with Crippen LogP contribution in [0.1, 0.15) is 36.3 Å². The highest BCUT2D eigenvalue weighted by Crippen LogP contribution is 2.44. The number of fused-ring (bicyclic) bond motifs is 3. The summed E-state index contributed by atoms with van der Waals surface area (Å²) in [6.07, 6.45) is 1.78. The molecular weight excluding hydrogens is 434 g/mol. The molecule has 2 amide bonds. The van der Waals surface area contributed by atoms with E-state index in [1.165, 1.54) is 0 Å². The van der Waals surface area contributed by atoms with Crippen molar-refractivity contribution in [2.45, 2.75) is 37.3 Å². The van der Waals surface area contributed by atoms with E-state index in [0.717, 1.165) is 35.1 Å². The van der Waals surface area contributed by atoms with E-state index < -0.39 is 30.1 Å². The minimum atomic E-state index is -1.12. The van der Waals surface area contributed by atoms with Crippen LogP contribution in [0.2, 0.25) is 0 Å². The van der Waals surface area contributed by atoms with Gasteiger partial charge in [-0.3, -0.25) is 4.79 Å². The Balaban J connectivity index is 1.40. The molecule has 8 heteroatoms. The molecule has 2 aliphatic carbocycles. The second-order valence-corrected chi connectivity index (χ2v) is 9.36. The van der Waals surface area contributed by atoms with Crippen molar-refractivity contribution < 1.29 is 24.2 Å². The van der Waals surface area contributed by atoms with Gasteiger partial charge in [-0.25, -0.2) is 9.59 Å². The van der Waals surface area contributed by atoms with Gasteiger partial charge in [-0.15, -0.1) is 0 Å². The van der Waals surface area contributed by atoms with Gasteiger partial charge in [-0.05, 0) is 48.7 Å². The molecule has 1 saturated carbocycles. The SMILES string of the molecule is CN(C)CC(NC(=O)[C@H](CC1CC1)NC(=O)OCC1c2ccccc2-c2ccccc21)C(=O)O. The highest BCUT2D eigenvalue weighted by Gasteiger charge is 2.34. The van der Waals surface area contributed by atoms with Crippen molar-refractivity contribution in [2.75, 3.05) is 27.2 Å². The van der Waals surface area contributed by atoms with Crippen LogP contribution in [0, 0.1) is 5.92 Å². The highest BCUT2D eigenvalue weighted by atomic mass is 16.5. The van der Waals surface area contributed by atoms with E-state index in [1.807, 2.05) is 36.4 Å². The zero-order valence-corrected chi connectivity index (χ0v) is 19.5. The summed E-state index contributed by atoms with van der Waals surface area (Å²) in [4.78, 5) is 38.8. The molecule has 0 bridgehead atoms. The van der Waals surface area contributed by atoms with Crippen molar-refractivity contribution >= 4 is 18.0 Å². The first kappa shape index (κ1) is 23.8. The summed E-state index contributed by atoms with van der Waals surface area (Å²) >= 11 is 0. The van der Waals surface area contributed by atoms with Crippen LogP contribution in [0.5, 0.6) is 0 Å². The van der Waals surface area contributed by atoms with Crippen LogP contribution in [0.3, 0.4) is 0 Å². The second kappa shape index (κ2) is 10.3. The van der Waals surface area contributed by atoms with Crippen molar-refractivity contribution in [2.24, 2.45) is 5.92 Å². The van der Waals surface area contributed by atoms with Crippen LogP contribution in [-0.2, 0) is 14.3 Å². The standard InChI is InChI=1S/C26H31N3O5/c1-29(2)14-23(25(31)32)27-24(30)22(13-16-11-12-16)28-26(33)34-15-21-19-9-5-3-7-17(19)18-8-4-6-10-20(18)21/h3-10,16,21-23H,11-15H2,1-2H3,(H,27,30)(H,28,33)(H,31,32)/t22-,23?/m0/s1. The average Bonchev–Trinajstić information content (AvgIpc) is 3.57. The van der Waals surface area contributed by atoms with Gasteiger partial charge in [-0.1, -0.05) is 61.4 Å². The molecule has 180 valence electrons. The lowest BCUT2D eigenvalue weighted by atomic mass is 9.98. The highest BCUT2D eigenvalue weighted by molar-refractivity contribution is 5.89. The number of hydrogen-bond donors (Lipinski definition) is 3. The Morgan fingerprint density at radius 2 is 1.56 bits per heavy atom. The van der Waals surface area contributed by atoms with Crippen LogP contribution in [-0.4, -0.2) is 67.3 Å². The van der Waals surface area contributed by atoms with Crippen LogP contribution in [0.4, 0.5) is 4.79 Å². The average molecular weight is 466 g/mol. The van der Waals surface area contributed by atoms with E-state index in [1.54, 1.807) is 19.0 Å². The third-order valence-electron chi connectivity index (χ3n) is 6.38. The van der Waals surface area contributed by atoms with Gasteiger partial charge >= 0.3 is 12.1 Å². The summed E-state index contributed by atoms with van der Waals surface area (Å²) < 4.78 is 5.58. The predicted molar refractivity (Wildman–Crippen MR) is 127 cm³/mol. The number of hydrogen-bond acceptors (Lipinski definition) is 5. The van der Waals surface area contributed by atoms with Crippen molar-refractivity contribution in [1.82, 2.24) is 15.5 Å². The van der Waals surface area contributed by atoms with E-state index in [0.29, 0.717) is 12.3 Å². The fourth-order valence-corrected chi connectivity index (χ4v) is 4.52. The lowest BCUT2D eigenvalue weighted by Crippen LogP contribution is -2.54. The van der Waals surface area contributed by atoms with E-state index in [4.69, 9.17) is 4.74 Å². The van der Waals surface area contributed by atoms with Gasteiger partial charge in [0.2, 0.25) is 5.91 Å². The Morgan fingerprint density at radius 3 is 2.09 bits per heavy atom. The first-order valence-corrected chi connectivity index (χ1v) is 11.6. The molecule has 2 aromatic carbocycles. The molecule has 0 saturated heterocycles. The fraction of sp³-hybridized carbons (Fsp3) is 0.423. The summed E-state index contributed by atoms with van der Waals surface area (Å²) in [5.74, 6) is -1.35. The Bertz CT molecular complexity index is 1020. The monoisotopic (exact) mass is 465 g/mol. The molecule has 1 fully saturated rings. The topological polar surface area (TPSA) is 108 Å². The quantitative estimate of drug-likeness (QED) is 0.498. The van der Waals surface area contributed by atoms with Crippen LogP contribution < -0.4 is 10.6 Å². The van der Waals surface area contributed by atoms with Gasteiger partial charge in [0.1, 0.15) is 18.7 Å². The van der Waals surface area contributed by atoms with Crippen LogP contribution >= 0.6 is 0 Å². The van der Waals surface area contributed by atoms with Gasteiger partial charge in [0.05, 0.1) is 0 Å². The van der Waals surface area contributed by atoms with Gasteiger partial charge < -0.3 is 25.4 Å². The lowest BCUT2D eigenvalue weighted by molar-refractivity contribution is -0.142. The first-order valence-electron chi connectivity index (χ1n) is 11.6. The summed E-state index contributed by atoms with van der Waals surface area (Å²) in [7, 11) is 3.47. The van der Waals surface area contributed by atoms with Crippen molar-refractivity contribution in [3.63, 3.8) is 0 Å². The van der Waals surface area contributed by atoms with E-state index in [9.17, 15) is 19.5 Å². The van der Waals surface area contributed by atoms with Gasteiger partial charge in [-0.2, -0.15) is 0 Å². The Kier molecular flexibility index (Phi) is 7.17. The molecule has 4 rings (SSSR count). The molecule has 8 nitrogen and oxygen atoms in total. The molecule has 2 aromatic rings. The number of amides is 2. The Labute approximate surface area is 199 Å². The molecule has 0 aliphatic heterocycles. The number of nitrogens with one attached hydrogen (secondary N) is 2. The third-order valence-corrected chi connectivity index (χ3v) is 6.38. The van der Waals surface area contributed by atoms with Crippen molar-refractivity contribution in [3.8, 4) is 11.1 Å². The molecular formula is C26H31N3O5. The van der Waals surface area contributed by atoms with E-state index in [-0.39, 0.29) is 19.1 Å². The smallest absolute Gasteiger partial charge is 0.407 e. The summed E-state index contributed by atoms with van der Waals surface area (Å²) in [6, 6.07) is 14.2. The minimum Gasteiger partial charge on any atom is -0.480 e. The molecule has 0 heterocycles. The van der Waals surface area contributed by atoms with Crippen molar-refractivity contribution in [1.29, 1.82) is 0 Å². The predicted octanol–water partition coefficient (Wildman–Crippen LogP) is 2.82. The number of carboxylic acids is 1. The summed E-state index contributed by atoms with van der Waals surface area (Å²) in [5.41, 5.74) is 4.49. The van der Waals surface area contributed by atoms with E-state index in [2.05, 4.69) is 22.8 Å². The number of rotatable bonds is 10. The molecule has 3 N–H and O–H groups in total. The normalized spacial score (nSPS) is 16.3. The lowest BCUT2D eigenvalue weighted by Gasteiger charge is -2.23. The fourth-order valence-electron chi connectivity index (χ4n) is 4.52. The number of alkyl carbamates (subject to hydrolysis) is 1. The number of benzene rings is 2. The number of likely N-dealkylation sites (N-methyl/N-ethyl adjacent to an activating group) is 1. The van der Waals surface area contributed by atoms with Crippen LogP contribution in [0.15, 0.2) is 48.5 Å². The molecule has 0 radical (unpaired) electrons. The molecule has 2 aliphatic rings. The number of carbonyl (C=O) groups excluding carboxylic acids is 2. The largest absolute Gasteiger partial charge is 0.480 e. The number of carbonyl (C=O) groups is 3. The second-order valence-electron chi connectivity index (χ2n) is 9.36. The van der Waals surface area contributed by atoms with Crippen LogP contribution in [0.25, 0.3) is 11.1 Å². The Morgan fingerprint density at radius 1 is 0.971 bits per heavy atom. The van der Waals surface area contributed by atoms with Gasteiger partial charge in [0.25, 0.3) is 0 Å². The zero-order chi connectivity index (χ0) is 24.2. The molecule has 2 atom stereocenters. The zero-order valence-electron chi connectivity index (χ0n) is 19.5. The van der Waals surface area contributed by atoms with Crippen molar-refractivity contribution in [3.05, 3.63) is 59.7 Å². The van der Waals surface area contributed by atoms with E-state index >= 15 is 0 Å². The third kappa shape index (κ3) is 5.56. The molecule has 0 spiro atoms. The maximum absolute atomic E-state index is 12.9. The molecule has 0 aromatic heterocycles. The van der Waals surface area contributed by atoms with Gasteiger partial charge in [0, 0.05) is 12.5 Å². The summed E-state index contributed by atoms with van der Waals surface area (Å²) in [5, 5.41) is 14.7.